The highest BCUT2D eigenvalue weighted by atomic mass is 32.2. The van der Waals surface area contributed by atoms with Gasteiger partial charge in [-0.2, -0.15) is 21.6 Å². The molecule has 1 amide bonds. The van der Waals surface area contributed by atoms with Crippen molar-refractivity contribution in [2.75, 3.05) is 13.1 Å². The monoisotopic (exact) mass is 335 g/mol. The molecule has 120 valence electrons. The molecule has 0 fully saturated rings. The lowest BCUT2D eigenvalue weighted by Crippen LogP contribution is -2.36. The molecule has 22 heavy (non-hydrogen) atoms. The first-order valence-corrected chi connectivity index (χ1v) is 7.65. The molecule has 0 saturated heterocycles. The van der Waals surface area contributed by atoms with Crippen LogP contribution in [0.2, 0.25) is 0 Å². The van der Waals surface area contributed by atoms with Gasteiger partial charge in [-0.1, -0.05) is 18.2 Å². The first kappa shape index (κ1) is 16.3. The molecule has 1 aromatic rings. The smallest absolute Gasteiger partial charge is 0.381 e. The number of hydrogen-bond acceptors (Lipinski definition) is 4. The second kappa shape index (κ2) is 5.99. The number of benzene rings is 1. The van der Waals surface area contributed by atoms with Crippen molar-refractivity contribution in [2.24, 2.45) is 0 Å². The highest BCUT2D eigenvalue weighted by Crippen LogP contribution is 2.28. The third-order valence-corrected chi connectivity index (χ3v) is 3.98. The molecule has 1 aliphatic heterocycles. The van der Waals surface area contributed by atoms with Crippen LogP contribution in [0.25, 0.3) is 0 Å². The average molecular weight is 335 g/mol. The molecule has 1 aliphatic rings. The fraction of sp³-hybridized carbons (Fsp3) is 0.308. The largest absolute Gasteiger partial charge is 0.534 e. The summed E-state index contributed by atoms with van der Waals surface area (Å²) < 4.78 is 62.5. The zero-order valence-corrected chi connectivity index (χ0v) is 12.0. The molecule has 1 aromatic carbocycles. The Labute approximate surface area is 125 Å². The second-order valence-corrected chi connectivity index (χ2v) is 6.06. The molecule has 0 bridgehead atoms. The van der Waals surface area contributed by atoms with Crippen LogP contribution in [0.3, 0.4) is 0 Å². The van der Waals surface area contributed by atoms with Crippen molar-refractivity contribution < 1.29 is 30.6 Å². The van der Waals surface area contributed by atoms with Crippen LogP contribution in [0, 0.1) is 0 Å². The highest BCUT2D eigenvalue weighted by Gasteiger charge is 2.48. The quantitative estimate of drug-likeness (QED) is 0.628. The van der Waals surface area contributed by atoms with E-state index in [0.717, 1.165) is 6.08 Å². The lowest BCUT2D eigenvalue weighted by molar-refractivity contribution is -0.0525. The fourth-order valence-electron chi connectivity index (χ4n) is 1.86. The predicted molar refractivity (Wildman–Crippen MR) is 71.1 cm³/mol. The Balaban J connectivity index is 2.03. The van der Waals surface area contributed by atoms with Gasteiger partial charge < -0.3 is 9.08 Å². The molecule has 0 N–H and O–H groups in total. The van der Waals surface area contributed by atoms with E-state index in [1.165, 1.54) is 4.90 Å². The summed E-state index contributed by atoms with van der Waals surface area (Å²) in [6, 6.07) is 8.37. The summed E-state index contributed by atoms with van der Waals surface area (Å²) in [4.78, 5) is 13.5. The van der Waals surface area contributed by atoms with Crippen LogP contribution in [-0.4, -0.2) is 37.8 Å². The van der Waals surface area contributed by atoms with Gasteiger partial charge >= 0.3 is 15.6 Å². The van der Waals surface area contributed by atoms with Crippen LogP contribution in [0.1, 0.15) is 16.8 Å². The Hall–Kier alpha value is -2.03. The third-order valence-electron chi connectivity index (χ3n) is 2.98. The van der Waals surface area contributed by atoms with Crippen molar-refractivity contribution in [3.8, 4) is 0 Å². The summed E-state index contributed by atoms with van der Waals surface area (Å²) in [7, 11) is -5.66. The molecule has 0 aliphatic carbocycles. The van der Waals surface area contributed by atoms with E-state index >= 15 is 0 Å². The van der Waals surface area contributed by atoms with Crippen LogP contribution >= 0.6 is 0 Å². The number of alkyl halides is 3. The maximum Gasteiger partial charge on any atom is 0.534 e. The molecule has 0 saturated carbocycles. The van der Waals surface area contributed by atoms with Crippen molar-refractivity contribution in [2.45, 2.75) is 11.9 Å². The average Bonchev–Trinajstić information content (AvgIpc) is 2.47. The molecule has 2 rings (SSSR count). The van der Waals surface area contributed by atoms with Crippen LogP contribution in [0.4, 0.5) is 13.2 Å². The maximum absolute atomic E-state index is 12.2. The minimum absolute atomic E-state index is 0.0174. The zero-order valence-electron chi connectivity index (χ0n) is 11.2. The van der Waals surface area contributed by atoms with Gasteiger partial charge in [0.1, 0.15) is 5.76 Å². The number of carbonyl (C=O) groups excluding carboxylic acids is 1. The van der Waals surface area contributed by atoms with Crippen LogP contribution < -0.4 is 0 Å². The van der Waals surface area contributed by atoms with E-state index in [1.54, 1.807) is 30.3 Å². The molecular formula is C13H12F3NO4S. The summed E-state index contributed by atoms with van der Waals surface area (Å²) in [6.45, 7) is 0.0589. The van der Waals surface area contributed by atoms with Crippen LogP contribution in [0.5, 0.6) is 0 Å². The predicted octanol–water partition coefficient (Wildman–Crippen LogP) is 2.28. The van der Waals surface area contributed by atoms with Crippen molar-refractivity contribution in [3.63, 3.8) is 0 Å². The number of hydrogen-bond donors (Lipinski definition) is 0. The minimum atomic E-state index is -5.66. The van der Waals surface area contributed by atoms with Crippen molar-refractivity contribution in [1.29, 1.82) is 0 Å². The molecule has 1 heterocycles. The van der Waals surface area contributed by atoms with Crippen molar-refractivity contribution in [3.05, 3.63) is 47.7 Å². The Morgan fingerprint density at radius 1 is 1.18 bits per heavy atom. The van der Waals surface area contributed by atoms with E-state index in [-0.39, 0.29) is 31.2 Å². The zero-order chi connectivity index (χ0) is 16.4. The summed E-state index contributed by atoms with van der Waals surface area (Å²) >= 11 is 0. The maximum atomic E-state index is 12.2. The Kier molecular flexibility index (Phi) is 4.45. The van der Waals surface area contributed by atoms with Gasteiger partial charge in [-0.25, -0.2) is 0 Å². The number of rotatable bonds is 3. The summed E-state index contributed by atoms with van der Waals surface area (Å²) in [5.41, 5.74) is -5.02. The van der Waals surface area contributed by atoms with Gasteiger partial charge in [0, 0.05) is 25.1 Å². The van der Waals surface area contributed by atoms with Gasteiger partial charge in [-0.3, -0.25) is 4.79 Å². The van der Waals surface area contributed by atoms with E-state index < -0.39 is 15.6 Å². The van der Waals surface area contributed by atoms with Crippen molar-refractivity contribution >= 4 is 16.0 Å². The number of carbonyl (C=O) groups is 1. The van der Waals surface area contributed by atoms with Gasteiger partial charge in [0.25, 0.3) is 5.91 Å². The van der Waals surface area contributed by atoms with Gasteiger partial charge in [0.05, 0.1) is 0 Å². The molecule has 5 nitrogen and oxygen atoms in total. The standard InChI is InChI=1S/C13H12F3NO4S/c14-13(15,16)22(19,20)21-11-6-8-17(9-7-11)12(18)10-4-2-1-3-5-10/h1-6H,7-9H2. The molecular weight excluding hydrogens is 323 g/mol. The van der Waals surface area contributed by atoms with Gasteiger partial charge in [-0.15, -0.1) is 0 Å². The molecule has 9 heteroatoms. The highest BCUT2D eigenvalue weighted by molar-refractivity contribution is 7.87. The molecule has 0 spiro atoms. The van der Waals surface area contributed by atoms with E-state index in [9.17, 15) is 26.4 Å². The normalized spacial score (nSPS) is 16.1. The Morgan fingerprint density at radius 2 is 1.82 bits per heavy atom. The number of amides is 1. The van der Waals surface area contributed by atoms with Crippen LogP contribution in [-0.2, 0) is 14.3 Å². The van der Waals surface area contributed by atoms with E-state index in [1.807, 2.05) is 0 Å². The fourth-order valence-corrected chi connectivity index (χ4v) is 2.39. The van der Waals surface area contributed by atoms with E-state index in [2.05, 4.69) is 4.18 Å². The lowest BCUT2D eigenvalue weighted by Gasteiger charge is -2.26. The SMILES string of the molecule is O=C(c1ccccc1)N1CC=C(OS(=O)(=O)C(F)(F)F)CC1. The molecule has 0 unspecified atom stereocenters. The lowest BCUT2D eigenvalue weighted by atomic mass is 10.1. The third kappa shape index (κ3) is 3.59. The molecule has 0 radical (unpaired) electrons. The number of nitrogens with zero attached hydrogens (tertiary/aromatic N) is 1. The topological polar surface area (TPSA) is 63.7 Å². The summed E-state index contributed by atoms with van der Waals surface area (Å²) in [5.74, 6) is -0.594. The first-order chi connectivity index (χ1) is 10.2. The number of halogens is 3. The van der Waals surface area contributed by atoms with Gasteiger partial charge in [-0.05, 0) is 18.2 Å². The molecule has 0 atom stereocenters. The van der Waals surface area contributed by atoms with Gasteiger partial charge in [0.15, 0.2) is 0 Å². The second-order valence-electron chi connectivity index (χ2n) is 4.52. The van der Waals surface area contributed by atoms with E-state index in [0.29, 0.717) is 5.56 Å². The minimum Gasteiger partial charge on any atom is -0.381 e. The van der Waals surface area contributed by atoms with Crippen molar-refractivity contribution in [1.82, 2.24) is 4.90 Å². The molecule has 0 aromatic heterocycles. The van der Waals surface area contributed by atoms with E-state index in [4.69, 9.17) is 0 Å². The Bertz CT molecular complexity index is 683. The Morgan fingerprint density at radius 3 is 2.32 bits per heavy atom. The van der Waals surface area contributed by atoms with Crippen LogP contribution in [0.15, 0.2) is 42.2 Å². The summed E-state index contributed by atoms with van der Waals surface area (Å²) in [5, 5.41) is 0. The van der Waals surface area contributed by atoms with Gasteiger partial charge in [0.2, 0.25) is 0 Å². The summed E-state index contributed by atoms with van der Waals surface area (Å²) in [6.07, 6.45) is 1.06. The first-order valence-electron chi connectivity index (χ1n) is 6.25.